The number of anilines is 1. The van der Waals surface area contributed by atoms with E-state index in [-0.39, 0.29) is 12.1 Å². The van der Waals surface area contributed by atoms with Crippen molar-refractivity contribution in [3.05, 3.63) is 35.4 Å². The second-order valence-corrected chi connectivity index (χ2v) is 5.52. The summed E-state index contributed by atoms with van der Waals surface area (Å²) in [7, 11) is 1.68. The second kappa shape index (κ2) is 7.04. The van der Waals surface area contributed by atoms with Crippen LogP contribution in [-0.4, -0.2) is 46.1 Å². The van der Waals surface area contributed by atoms with Gasteiger partial charge in [-0.1, -0.05) is 11.6 Å². The van der Waals surface area contributed by atoms with Crippen molar-refractivity contribution in [2.75, 3.05) is 25.6 Å². The van der Waals surface area contributed by atoms with Gasteiger partial charge in [0, 0.05) is 25.5 Å². The van der Waals surface area contributed by atoms with Crippen LogP contribution in [0.15, 0.2) is 24.8 Å². The minimum atomic E-state index is -0.0597. The summed E-state index contributed by atoms with van der Waals surface area (Å²) in [5.41, 5.74) is 1.04. The van der Waals surface area contributed by atoms with Crippen LogP contribution in [0.5, 0.6) is 0 Å². The van der Waals surface area contributed by atoms with Crippen LogP contribution >= 0.6 is 11.6 Å². The zero-order chi connectivity index (χ0) is 15.4. The highest BCUT2D eigenvalue weighted by molar-refractivity contribution is 6.30. The van der Waals surface area contributed by atoms with E-state index >= 15 is 0 Å². The number of hydrogen-bond acceptors (Lipinski definition) is 6. The summed E-state index contributed by atoms with van der Waals surface area (Å²) in [5.74, 6) is 0.552. The monoisotopic (exact) mass is 323 g/mol. The van der Waals surface area contributed by atoms with Crippen LogP contribution in [0.2, 0.25) is 5.02 Å². The average Bonchev–Trinajstić information content (AvgIpc) is 3.16. The zero-order valence-corrected chi connectivity index (χ0v) is 13.0. The highest BCUT2D eigenvalue weighted by atomic mass is 35.5. The van der Waals surface area contributed by atoms with Crippen LogP contribution in [0.25, 0.3) is 0 Å². The molecule has 2 aromatic heterocycles. The predicted octanol–water partition coefficient (Wildman–Crippen LogP) is 1.91. The van der Waals surface area contributed by atoms with Crippen LogP contribution in [0, 0.1) is 0 Å². The maximum absolute atomic E-state index is 5.84. The van der Waals surface area contributed by atoms with E-state index in [0.717, 1.165) is 18.5 Å². The molecule has 1 fully saturated rings. The van der Waals surface area contributed by atoms with Crippen molar-refractivity contribution in [2.24, 2.45) is 0 Å². The van der Waals surface area contributed by atoms with Gasteiger partial charge in [0.2, 0.25) is 5.95 Å². The van der Waals surface area contributed by atoms with Crippen molar-refractivity contribution >= 4 is 17.5 Å². The lowest BCUT2D eigenvalue weighted by Gasteiger charge is -2.18. The van der Waals surface area contributed by atoms with Crippen molar-refractivity contribution in [2.45, 2.75) is 25.1 Å². The second-order valence-electron chi connectivity index (χ2n) is 5.09. The Morgan fingerprint density at radius 2 is 2.23 bits per heavy atom. The van der Waals surface area contributed by atoms with Crippen molar-refractivity contribution in [1.82, 2.24) is 19.7 Å². The van der Waals surface area contributed by atoms with Gasteiger partial charge in [-0.3, -0.25) is 4.68 Å². The average molecular weight is 324 g/mol. The summed E-state index contributed by atoms with van der Waals surface area (Å²) in [6, 6.07) is 0.112. The molecule has 2 aromatic rings. The molecule has 22 heavy (non-hydrogen) atoms. The fourth-order valence-corrected chi connectivity index (χ4v) is 2.55. The Labute approximate surface area is 133 Å². The summed E-state index contributed by atoms with van der Waals surface area (Å²) in [6.07, 6.45) is 7.81. The number of hydrogen-bond donors (Lipinski definition) is 1. The van der Waals surface area contributed by atoms with Gasteiger partial charge in [0.1, 0.15) is 6.10 Å². The van der Waals surface area contributed by atoms with Crippen molar-refractivity contribution in [3.63, 3.8) is 0 Å². The van der Waals surface area contributed by atoms with E-state index in [2.05, 4.69) is 20.4 Å². The van der Waals surface area contributed by atoms with Crippen molar-refractivity contribution in [1.29, 1.82) is 0 Å². The molecule has 0 spiro atoms. The normalized spacial score (nSPS) is 21.2. The Bertz CT molecular complexity index is 604. The lowest BCUT2D eigenvalue weighted by molar-refractivity contribution is 0.107. The third-order valence-corrected chi connectivity index (χ3v) is 3.73. The number of halogens is 1. The first kappa shape index (κ1) is 15.2. The molecule has 0 aromatic carbocycles. The van der Waals surface area contributed by atoms with Gasteiger partial charge in [-0.15, -0.1) is 0 Å². The highest BCUT2D eigenvalue weighted by Gasteiger charge is 2.31. The molecule has 0 saturated carbocycles. The van der Waals surface area contributed by atoms with Gasteiger partial charge in [0.25, 0.3) is 0 Å². The maximum Gasteiger partial charge on any atom is 0.222 e. The number of nitrogens with one attached hydrogen (secondary N) is 1. The largest absolute Gasteiger partial charge is 0.383 e. The first-order chi connectivity index (χ1) is 10.8. The molecule has 118 valence electrons. The van der Waals surface area contributed by atoms with E-state index in [9.17, 15) is 0 Å². The summed E-state index contributed by atoms with van der Waals surface area (Å²) in [6.45, 7) is 2.05. The quantitative estimate of drug-likeness (QED) is 0.875. The number of rotatable bonds is 6. The fourth-order valence-electron chi connectivity index (χ4n) is 2.45. The van der Waals surface area contributed by atoms with Crippen molar-refractivity contribution < 1.29 is 9.47 Å². The minimum Gasteiger partial charge on any atom is -0.383 e. The van der Waals surface area contributed by atoms with E-state index in [1.807, 2.05) is 17.1 Å². The summed E-state index contributed by atoms with van der Waals surface area (Å²) in [4.78, 5) is 8.34. The lowest BCUT2D eigenvalue weighted by atomic mass is 10.1. The molecule has 2 atom stereocenters. The molecule has 3 rings (SSSR count). The topological polar surface area (TPSA) is 74.1 Å². The van der Waals surface area contributed by atoms with Crippen LogP contribution in [0.1, 0.15) is 18.1 Å². The molecule has 0 aliphatic carbocycles. The van der Waals surface area contributed by atoms with E-state index < -0.39 is 0 Å². The molecule has 0 amide bonds. The van der Waals surface area contributed by atoms with Gasteiger partial charge in [-0.05, 0) is 6.42 Å². The fraction of sp³-hybridized carbons (Fsp3) is 0.500. The summed E-state index contributed by atoms with van der Waals surface area (Å²) >= 11 is 5.80. The molecular formula is C14H18ClN5O2. The summed E-state index contributed by atoms with van der Waals surface area (Å²) in [5, 5.41) is 8.15. The molecule has 1 aliphatic rings. The standard InChI is InChI=1S/C14H18ClN5O2/c1-21-5-3-20-9-10(6-18-20)13-12(2-4-22-13)19-14-16-7-11(15)8-17-14/h6-9,12-13H,2-5H2,1H3,(H,16,17,19)/t12-,13+/m0/s1. The molecule has 0 unspecified atom stereocenters. The van der Waals surface area contributed by atoms with E-state index in [1.165, 1.54) is 0 Å². The van der Waals surface area contributed by atoms with Gasteiger partial charge in [-0.25, -0.2) is 9.97 Å². The van der Waals surface area contributed by atoms with Crippen LogP contribution in [0.3, 0.4) is 0 Å². The third kappa shape index (κ3) is 3.55. The SMILES string of the molecule is COCCn1cc([C@H]2OCC[C@@H]2Nc2ncc(Cl)cn2)cn1. The number of methoxy groups -OCH3 is 1. The molecular weight excluding hydrogens is 306 g/mol. The van der Waals surface area contributed by atoms with E-state index in [1.54, 1.807) is 19.5 Å². The molecule has 1 saturated heterocycles. The number of aromatic nitrogens is 4. The molecule has 3 heterocycles. The highest BCUT2D eigenvalue weighted by Crippen LogP contribution is 2.30. The summed E-state index contributed by atoms with van der Waals surface area (Å²) < 4.78 is 12.8. The van der Waals surface area contributed by atoms with E-state index in [4.69, 9.17) is 21.1 Å². The van der Waals surface area contributed by atoms with Crippen LogP contribution in [0.4, 0.5) is 5.95 Å². The molecule has 0 radical (unpaired) electrons. The van der Waals surface area contributed by atoms with Gasteiger partial charge in [-0.2, -0.15) is 5.10 Å². The first-order valence-corrected chi connectivity index (χ1v) is 7.51. The van der Waals surface area contributed by atoms with Crippen LogP contribution in [-0.2, 0) is 16.0 Å². The molecule has 8 heteroatoms. The lowest BCUT2D eigenvalue weighted by Crippen LogP contribution is -2.24. The number of nitrogens with zero attached hydrogens (tertiary/aromatic N) is 4. The molecule has 7 nitrogen and oxygen atoms in total. The van der Waals surface area contributed by atoms with Gasteiger partial charge in [0.15, 0.2) is 0 Å². The number of ether oxygens (including phenoxy) is 2. The maximum atomic E-state index is 5.84. The Balaban J connectivity index is 1.67. The van der Waals surface area contributed by atoms with E-state index in [0.29, 0.717) is 24.2 Å². The Kier molecular flexibility index (Phi) is 4.87. The first-order valence-electron chi connectivity index (χ1n) is 7.13. The Morgan fingerprint density at radius 1 is 1.41 bits per heavy atom. The minimum absolute atomic E-state index is 0.0597. The van der Waals surface area contributed by atoms with Gasteiger partial charge < -0.3 is 14.8 Å². The van der Waals surface area contributed by atoms with Gasteiger partial charge in [0.05, 0.1) is 42.8 Å². The van der Waals surface area contributed by atoms with Crippen molar-refractivity contribution in [3.8, 4) is 0 Å². The molecule has 1 N–H and O–H groups in total. The smallest absolute Gasteiger partial charge is 0.222 e. The Hall–Kier alpha value is -1.70. The third-order valence-electron chi connectivity index (χ3n) is 3.53. The predicted molar refractivity (Wildman–Crippen MR) is 81.9 cm³/mol. The Morgan fingerprint density at radius 3 is 3.00 bits per heavy atom. The molecule has 1 aliphatic heterocycles. The van der Waals surface area contributed by atoms with Crippen LogP contribution < -0.4 is 5.32 Å². The zero-order valence-electron chi connectivity index (χ0n) is 12.3. The van der Waals surface area contributed by atoms with Gasteiger partial charge >= 0.3 is 0 Å². The molecule has 0 bridgehead atoms.